The van der Waals surface area contributed by atoms with Crippen LogP contribution in [0, 0.1) is 6.92 Å². The third kappa shape index (κ3) is 3.21. The SMILES string of the molecule is COC(=O)c1cccc(C)c1N(C)S(=O)(=O)c1ccc(OC)cc1. The van der Waals surface area contributed by atoms with Crippen molar-refractivity contribution in [3.63, 3.8) is 0 Å². The molecule has 2 aromatic carbocycles. The topological polar surface area (TPSA) is 72.9 Å². The van der Waals surface area contributed by atoms with Crippen LogP contribution in [0.4, 0.5) is 5.69 Å². The maximum Gasteiger partial charge on any atom is 0.340 e. The number of carbonyl (C=O) groups is 1. The molecule has 0 aliphatic heterocycles. The summed E-state index contributed by atoms with van der Waals surface area (Å²) in [5.74, 6) is -0.0341. The second kappa shape index (κ2) is 6.92. The smallest absolute Gasteiger partial charge is 0.340 e. The molecule has 0 aromatic heterocycles. The molecule has 7 heteroatoms. The van der Waals surface area contributed by atoms with Crippen molar-refractivity contribution in [2.45, 2.75) is 11.8 Å². The predicted molar refractivity (Wildman–Crippen MR) is 91.1 cm³/mol. The molecule has 24 heavy (non-hydrogen) atoms. The van der Waals surface area contributed by atoms with Crippen LogP contribution >= 0.6 is 0 Å². The first-order chi connectivity index (χ1) is 11.3. The van der Waals surface area contributed by atoms with Crippen LogP contribution in [0.1, 0.15) is 15.9 Å². The summed E-state index contributed by atoms with van der Waals surface area (Å²) < 4.78 is 36.7. The normalized spacial score (nSPS) is 11.0. The van der Waals surface area contributed by atoms with Gasteiger partial charge in [0.2, 0.25) is 0 Å². The van der Waals surface area contributed by atoms with Gasteiger partial charge in [0.1, 0.15) is 5.75 Å². The van der Waals surface area contributed by atoms with E-state index in [1.807, 2.05) is 0 Å². The zero-order chi connectivity index (χ0) is 17.9. The predicted octanol–water partition coefficient (Wildman–Crippen LogP) is 2.62. The number of carbonyl (C=O) groups excluding carboxylic acids is 1. The van der Waals surface area contributed by atoms with Gasteiger partial charge >= 0.3 is 5.97 Å². The molecule has 128 valence electrons. The van der Waals surface area contributed by atoms with Crippen LogP contribution in [-0.2, 0) is 14.8 Å². The lowest BCUT2D eigenvalue weighted by Crippen LogP contribution is -2.29. The van der Waals surface area contributed by atoms with Gasteiger partial charge in [0.15, 0.2) is 0 Å². The lowest BCUT2D eigenvalue weighted by Gasteiger charge is -2.23. The fourth-order valence-corrected chi connectivity index (χ4v) is 3.66. The Bertz CT molecular complexity index is 844. The van der Waals surface area contributed by atoms with Crippen LogP contribution in [-0.4, -0.2) is 35.7 Å². The fourth-order valence-electron chi connectivity index (χ4n) is 2.38. The zero-order valence-electron chi connectivity index (χ0n) is 13.9. The minimum atomic E-state index is -3.83. The van der Waals surface area contributed by atoms with Crippen molar-refractivity contribution in [3.05, 3.63) is 53.6 Å². The third-order valence-electron chi connectivity index (χ3n) is 3.68. The molecular weight excluding hydrogens is 330 g/mol. The van der Waals surface area contributed by atoms with Gasteiger partial charge in [-0.25, -0.2) is 13.2 Å². The van der Waals surface area contributed by atoms with E-state index in [2.05, 4.69) is 0 Å². The highest BCUT2D eigenvalue weighted by Gasteiger charge is 2.26. The fraction of sp³-hybridized carbons (Fsp3) is 0.235. The Kier molecular flexibility index (Phi) is 5.14. The largest absolute Gasteiger partial charge is 0.497 e. The van der Waals surface area contributed by atoms with Crippen molar-refractivity contribution in [1.29, 1.82) is 0 Å². The summed E-state index contributed by atoms with van der Waals surface area (Å²) >= 11 is 0. The lowest BCUT2D eigenvalue weighted by atomic mass is 10.1. The molecule has 0 radical (unpaired) electrons. The Morgan fingerprint density at radius 3 is 2.21 bits per heavy atom. The van der Waals surface area contributed by atoms with Gasteiger partial charge in [0.05, 0.1) is 30.4 Å². The highest BCUT2D eigenvalue weighted by atomic mass is 32.2. The maximum atomic E-state index is 12.9. The number of sulfonamides is 1. The molecule has 6 nitrogen and oxygen atoms in total. The molecular formula is C17H19NO5S. The van der Waals surface area contributed by atoms with Gasteiger partial charge in [0, 0.05) is 7.05 Å². The standard InChI is InChI=1S/C17H19NO5S/c1-12-6-5-7-15(17(19)23-4)16(12)18(2)24(20,21)14-10-8-13(22-3)9-11-14/h5-11H,1-4H3. The van der Waals surface area contributed by atoms with E-state index >= 15 is 0 Å². The number of anilines is 1. The van der Waals surface area contributed by atoms with Crippen molar-refractivity contribution in [1.82, 2.24) is 0 Å². The summed E-state index contributed by atoms with van der Waals surface area (Å²) in [6, 6.07) is 11.0. The van der Waals surface area contributed by atoms with E-state index in [0.717, 1.165) is 4.31 Å². The first-order valence-electron chi connectivity index (χ1n) is 7.14. The molecule has 0 atom stereocenters. The molecule has 0 aliphatic carbocycles. The molecule has 0 heterocycles. The molecule has 0 unspecified atom stereocenters. The number of para-hydroxylation sites is 1. The third-order valence-corrected chi connectivity index (χ3v) is 5.45. The molecule has 0 fully saturated rings. The Hall–Kier alpha value is -2.54. The summed E-state index contributed by atoms with van der Waals surface area (Å²) in [6.07, 6.45) is 0. The van der Waals surface area contributed by atoms with Crippen LogP contribution in [0.2, 0.25) is 0 Å². The Morgan fingerprint density at radius 2 is 1.67 bits per heavy atom. The number of benzene rings is 2. The van der Waals surface area contributed by atoms with Crippen LogP contribution < -0.4 is 9.04 Å². The average molecular weight is 349 g/mol. The van der Waals surface area contributed by atoms with E-state index in [0.29, 0.717) is 17.0 Å². The highest BCUT2D eigenvalue weighted by Crippen LogP contribution is 2.30. The van der Waals surface area contributed by atoms with Gasteiger partial charge in [-0.1, -0.05) is 12.1 Å². The van der Waals surface area contributed by atoms with Crippen LogP contribution in [0.15, 0.2) is 47.4 Å². The van der Waals surface area contributed by atoms with Crippen LogP contribution in [0.25, 0.3) is 0 Å². The van der Waals surface area contributed by atoms with Gasteiger partial charge in [-0.2, -0.15) is 0 Å². The number of methoxy groups -OCH3 is 2. The molecule has 0 N–H and O–H groups in total. The number of aryl methyl sites for hydroxylation is 1. The lowest BCUT2D eigenvalue weighted by molar-refractivity contribution is 0.0601. The van der Waals surface area contributed by atoms with Gasteiger partial charge in [-0.15, -0.1) is 0 Å². The maximum absolute atomic E-state index is 12.9. The Balaban J connectivity index is 2.54. The number of ether oxygens (including phenoxy) is 2. The molecule has 0 aliphatic rings. The zero-order valence-corrected chi connectivity index (χ0v) is 14.8. The van der Waals surface area contributed by atoms with Crippen molar-refractivity contribution in [2.75, 3.05) is 25.6 Å². The summed E-state index contributed by atoms with van der Waals surface area (Å²) in [7, 11) is 0.339. The van der Waals surface area contributed by atoms with Crippen molar-refractivity contribution in [2.24, 2.45) is 0 Å². The van der Waals surface area contributed by atoms with Gasteiger partial charge in [-0.05, 0) is 42.8 Å². The quantitative estimate of drug-likeness (QED) is 0.776. The van der Waals surface area contributed by atoms with Crippen molar-refractivity contribution < 1.29 is 22.7 Å². The minimum Gasteiger partial charge on any atom is -0.497 e. The van der Waals surface area contributed by atoms with E-state index < -0.39 is 16.0 Å². The number of esters is 1. The molecule has 2 rings (SSSR count). The molecule has 0 saturated carbocycles. The van der Waals surface area contributed by atoms with Crippen molar-refractivity contribution in [3.8, 4) is 5.75 Å². The van der Waals surface area contributed by atoms with E-state index in [1.165, 1.54) is 39.5 Å². The van der Waals surface area contributed by atoms with Gasteiger partial charge in [-0.3, -0.25) is 4.31 Å². The Labute approximate surface area is 141 Å². The number of rotatable bonds is 5. The van der Waals surface area contributed by atoms with E-state index in [1.54, 1.807) is 31.2 Å². The van der Waals surface area contributed by atoms with Gasteiger partial charge < -0.3 is 9.47 Å². The minimum absolute atomic E-state index is 0.102. The first kappa shape index (κ1) is 17.8. The number of nitrogens with zero attached hydrogens (tertiary/aromatic N) is 1. The second-order valence-corrected chi connectivity index (χ2v) is 7.08. The molecule has 0 amide bonds. The number of hydrogen-bond donors (Lipinski definition) is 0. The van der Waals surface area contributed by atoms with Crippen molar-refractivity contribution >= 4 is 21.7 Å². The van der Waals surface area contributed by atoms with E-state index in [-0.39, 0.29) is 10.5 Å². The Morgan fingerprint density at radius 1 is 1.04 bits per heavy atom. The van der Waals surface area contributed by atoms with Crippen LogP contribution in [0.3, 0.4) is 0 Å². The molecule has 0 spiro atoms. The summed E-state index contributed by atoms with van der Waals surface area (Å²) in [6.45, 7) is 1.74. The van der Waals surface area contributed by atoms with Crippen LogP contribution in [0.5, 0.6) is 5.75 Å². The van der Waals surface area contributed by atoms with E-state index in [4.69, 9.17) is 9.47 Å². The monoisotopic (exact) mass is 349 g/mol. The summed E-state index contributed by atoms with van der Waals surface area (Å²) in [5.41, 5.74) is 1.13. The van der Waals surface area contributed by atoms with Gasteiger partial charge in [0.25, 0.3) is 10.0 Å². The molecule has 0 saturated heterocycles. The molecule has 2 aromatic rings. The number of hydrogen-bond acceptors (Lipinski definition) is 5. The van der Waals surface area contributed by atoms with E-state index in [9.17, 15) is 13.2 Å². The summed E-state index contributed by atoms with van der Waals surface area (Å²) in [4.78, 5) is 12.1. The molecule has 0 bridgehead atoms. The average Bonchev–Trinajstić information content (AvgIpc) is 2.60. The first-order valence-corrected chi connectivity index (χ1v) is 8.58. The highest BCUT2D eigenvalue weighted by molar-refractivity contribution is 7.92. The second-order valence-electron chi connectivity index (χ2n) is 5.11. The summed E-state index contributed by atoms with van der Waals surface area (Å²) in [5, 5.41) is 0.